The molecule has 0 radical (unpaired) electrons. The van der Waals surface area contributed by atoms with Gasteiger partial charge in [-0.25, -0.2) is 4.79 Å². The van der Waals surface area contributed by atoms with Crippen molar-refractivity contribution in [3.8, 4) is 17.2 Å². The van der Waals surface area contributed by atoms with Crippen LogP contribution in [0.5, 0.6) is 17.2 Å². The van der Waals surface area contributed by atoms with E-state index >= 15 is 0 Å². The average Bonchev–Trinajstić information content (AvgIpc) is 3.15. The van der Waals surface area contributed by atoms with Gasteiger partial charge < -0.3 is 29.7 Å². The number of hydrogen-bond donors (Lipinski definition) is 2. The van der Waals surface area contributed by atoms with Crippen molar-refractivity contribution in [3.63, 3.8) is 0 Å². The monoisotopic (exact) mass is 453 g/mol. The number of amides is 2. The fourth-order valence-electron chi connectivity index (χ4n) is 5.66. The van der Waals surface area contributed by atoms with Crippen LogP contribution in [0.25, 0.3) is 0 Å². The van der Waals surface area contributed by atoms with Gasteiger partial charge in [-0.3, -0.25) is 0 Å². The Hall–Kier alpha value is -2.93. The number of carbonyl (C=O) groups excluding carboxylic acids is 1. The molecule has 2 amide bonds. The van der Waals surface area contributed by atoms with Crippen molar-refractivity contribution in [1.29, 1.82) is 0 Å². The molecule has 0 aromatic heterocycles. The third-order valence-corrected chi connectivity index (χ3v) is 7.42. The topological polar surface area (TPSA) is 72.1 Å². The van der Waals surface area contributed by atoms with Crippen LogP contribution in [-0.2, 0) is 5.41 Å². The van der Waals surface area contributed by atoms with Gasteiger partial charge in [0.15, 0.2) is 11.5 Å². The third kappa shape index (κ3) is 4.47. The zero-order valence-corrected chi connectivity index (χ0v) is 20.2. The van der Waals surface area contributed by atoms with Crippen molar-refractivity contribution >= 4 is 11.7 Å². The molecule has 0 unspecified atom stereocenters. The predicted molar refractivity (Wildman–Crippen MR) is 130 cm³/mol. The van der Waals surface area contributed by atoms with Gasteiger partial charge in [0.25, 0.3) is 0 Å². The molecule has 4 rings (SSSR count). The SMILES string of the molecule is COc1ccc(C)cc1NC(=O)N[C@H]1CC[C@@]2(c3ccc(OC)c(OC)c3)CCN(C)[C@@H]2C1. The van der Waals surface area contributed by atoms with Crippen LogP contribution >= 0.6 is 0 Å². The van der Waals surface area contributed by atoms with E-state index in [4.69, 9.17) is 14.2 Å². The Kier molecular flexibility index (Phi) is 6.70. The van der Waals surface area contributed by atoms with E-state index in [-0.39, 0.29) is 17.5 Å². The zero-order chi connectivity index (χ0) is 23.6. The van der Waals surface area contributed by atoms with E-state index in [1.165, 1.54) is 5.56 Å². The Balaban J connectivity index is 1.48. The third-order valence-electron chi connectivity index (χ3n) is 7.42. The molecule has 33 heavy (non-hydrogen) atoms. The van der Waals surface area contributed by atoms with Crippen LogP contribution in [0.3, 0.4) is 0 Å². The fourth-order valence-corrected chi connectivity index (χ4v) is 5.66. The van der Waals surface area contributed by atoms with Gasteiger partial charge in [-0.1, -0.05) is 12.1 Å². The fraction of sp³-hybridized carbons (Fsp3) is 0.500. The molecule has 2 aromatic rings. The lowest BCUT2D eigenvalue weighted by Crippen LogP contribution is -2.52. The van der Waals surface area contributed by atoms with Crippen LogP contribution in [0.4, 0.5) is 10.5 Å². The summed E-state index contributed by atoms with van der Waals surface area (Å²) in [5, 5.41) is 6.17. The summed E-state index contributed by atoms with van der Waals surface area (Å²) in [5.41, 5.74) is 3.10. The highest BCUT2D eigenvalue weighted by Gasteiger charge is 2.50. The average molecular weight is 454 g/mol. The minimum atomic E-state index is -0.192. The Morgan fingerprint density at radius 2 is 1.73 bits per heavy atom. The number of anilines is 1. The molecule has 1 aliphatic heterocycles. The summed E-state index contributed by atoms with van der Waals surface area (Å²) in [6.07, 6.45) is 3.94. The second-order valence-corrected chi connectivity index (χ2v) is 9.25. The van der Waals surface area contributed by atoms with Gasteiger partial charge in [0.05, 0.1) is 27.0 Å². The lowest BCUT2D eigenvalue weighted by atomic mass is 9.65. The van der Waals surface area contributed by atoms with E-state index < -0.39 is 0 Å². The maximum absolute atomic E-state index is 12.8. The Morgan fingerprint density at radius 3 is 2.45 bits per heavy atom. The maximum Gasteiger partial charge on any atom is 0.319 e. The Bertz CT molecular complexity index is 1010. The molecule has 2 aromatic carbocycles. The van der Waals surface area contributed by atoms with Gasteiger partial charge in [-0.05, 0) is 81.6 Å². The number of nitrogens with one attached hydrogen (secondary N) is 2. The lowest BCUT2D eigenvalue weighted by Gasteiger charge is -2.45. The van der Waals surface area contributed by atoms with Crippen molar-refractivity contribution < 1.29 is 19.0 Å². The van der Waals surface area contributed by atoms with Gasteiger partial charge in [0.2, 0.25) is 0 Å². The van der Waals surface area contributed by atoms with Crippen LogP contribution in [0.1, 0.15) is 36.8 Å². The first kappa shape index (κ1) is 23.2. The molecule has 3 atom stereocenters. The summed E-state index contributed by atoms with van der Waals surface area (Å²) in [6, 6.07) is 12.3. The first-order valence-electron chi connectivity index (χ1n) is 11.5. The second-order valence-electron chi connectivity index (χ2n) is 9.25. The number of benzene rings is 2. The quantitative estimate of drug-likeness (QED) is 0.681. The van der Waals surface area contributed by atoms with Gasteiger partial charge in [-0.2, -0.15) is 0 Å². The molecule has 0 bridgehead atoms. The number of fused-ring (bicyclic) bond motifs is 1. The summed E-state index contributed by atoms with van der Waals surface area (Å²) in [7, 11) is 7.14. The minimum absolute atomic E-state index is 0.0583. The molecule has 1 saturated carbocycles. The molecule has 7 nitrogen and oxygen atoms in total. The zero-order valence-electron chi connectivity index (χ0n) is 20.2. The lowest BCUT2D eigenvalue weighted by molar-refractivity contribution is 0.156. The van der Waals surface area contributed by atoms with E-state index in [0.717, 1.165) is 49.3 Å². The minimum Gasteiger partial charge on any atom is -0.495 e. The highest BCUT2D eigenvalue weighted by atomic mass is 16.5. The summed E-state index contributed by atoms with van der Waals surface area (Å²) >= 11 is 0. The number of urea groups is 1. The number of methoxy groups -OCH3 is 3. The van der Waals surface area contributed by atoms with Gasteiger partial charge in [0, 0.05) is 17.5 Å². The molecule has 1 aliphatic carbocycles. The van der Waals surface area contributed by atoms with Crippen molar-refractivity contribution in [2.45, 2.75) is 50.1 Å². The van der Waals surface area contributed by atoms with Gasteiger partial charge >= 0.3 is 6.03 Å². The molecule has 1 saturated heterocycles. The standard InChI is InChI=1S/C26H35N3O4/c1-17-6-8-21(31-3)20(14-17)28-25(30)27-19-10-11-26(12-13-29(2)24(26)16-19)18-7-9-22(32-4)23(15-18)33-5/h6-9,14-15,19,24H,10-13,16H2,1-5H3,(H2,27,28,30)/t19-,24+,26-/m0/s1. The van der Waals surface area contributed by atoms with Crippen LogP contribution in [0, 0.1) is 6.92 Å². The van der Waals surface area contributed by atoms with Crippen LogP contribution in [0.2, 0.25) is 0 Å². The predicted octanol–water partition coefficient (Wildman–Crippen LogP) is 4.34. The number of nitrogens with zero attached hydrogens (tertiary/aromatic N) is 1. The summed E-state index contributed by atoms with van der Waals surface area (Å²) in [6.45, 7) is 3.03. The van der Waals surface area contributed by atoms with Crippen LogP contribution < -0.4 is 24.8 Å². The normalized spacial score (nSPS) is 24.6. The number of carbonyl (C=O) groups is 1. The Labute approximate surface area is 196 Å². The first-order valence-corrected chi connectivity index (χ1v) is 11.5. The van der Waals surface area contributed by atoms with E-state index in [9.17, 15) is 4.79 Å². The summed E-state index contributed by atoms with van der Waals surface area (Å²) < 4.78 is 16.4. The second kappa shape index (κ2) is 9.51. The number of likely N-dealkylation sites (tertiary alicyclic amines) is 1. The van der Waals surface area contributed by atoms with Crippen molar-refractivity contribution in [3.05, 3.63) is 47.5 Å². The van der Waals surface area contributed by atoms with E-state index in [1.54, 1.807) is 21.3 Å². The number of aryl methyl sites for hydroxylation is 1. The van der Waals surface area contributed by atoms with Crippen molar-refractivity contribution in [2.24, 2.45) is 0 Å². The van der Waals surface area contributed by atoms with E-state index in [0.29, 0.717) is 17.5 Å². The van der Waals surface area contributed by atoms with Gasteiger partial charge in [-0.15, -0.1) is 0 Å². The molecule has 2 fully saturated rings. The molecule has 1 heterocycles. The van der Waals surface area contributed by atoms with Crippen LogP contribution in [0.15, 0.2) is 36.4 Å². The molecular weight excluding hydrogens is 418 g/mol. The van der Waals surface area contributed by atoms with Crippen molar-refractivity contribution in [2.75, 3.05) is 40.2 Å². The van der Waals surface area contributed by atoms with Crippen LogP contribution in [-0.4, -0.2) is 57.9 Å². The maximum atomic E-state index is 12.8. The number of hydrogen-bond acceptors (Lipinski definition) is 5. The van der Waals surface area contributed by atoms with Crippen molar-refractivity contribution in [1.82, 2.24) is 10.2 Å². The highest BCUT2D eigenvalue weighted by molar-refractivity contribution is 5.91. The number of rotatable bonds is 6. The van der Waals surface area contributed by atoms with E-state index in [2.05, 4.69) is 34.7 Å². The summed E-state index contributed by atoms with van der Waals surface area (Å²) in [5.74, 6) is 2.17. The molecule has 2 aliphatic rings. The molecular formula is C26H35N3O4. The smallest absolute Gasteiger partial charge is 0.319 e. The summed E-state index contributed by atoms with van der Waals surface area (Å²) in [4.78, 5) is 15.3. The van der Waals surface area contributed by atoms with E-state index in [1.807, 2.05) is 31.2 Å². The number of ether oxygens (including phenoxy) is 3. The van der Waals surface area contributed by atoms with Gasteiger partial charge in [0.1, 0.15) is 5.75 Å². The largest absolute Gasteiger partial charge is 0.495 e. The molecule has 7 heteroatoms. The Morgan fingerprint density at radius 1 is 1.00 bits per heavy atom. The first-order chi connectivity index (χ1) is 15.9. The number of likely N-dealkylation sites (N-methyl/N-ethyl adjacent to an activating group) is 1. The molecule has 0 spiro atoms. The highest BCUT2D eigenvalue weighted by Crippen LogP contribution is 2.49. The molecule has 2 N–H and O–H groups in total. The molecule has 178 valence electrons.